The van der Waals surface area contributed by atoms with Crippen LogP contribution in [0.1, 0.15) is 35.2 Å². The van der Waals surface area contributed by atoms with Gasteiger partial charge in [0, 0.05) is 35.5 Å². The first-order valence-corrected chi connectivity index (χ1v) is 9.19. The number of non-ortho nitro benzene ring substituents is 1. The van der Waals surface area contributed by atoms with Crippen LogP contribution >= 0.6 is 0 Å². The number of rotatable bonds is 7. The highest BCUT2D eigenvalue weighted by molar-refractivity contribution is 6.20. The molecule has 2 aromatic rings. The Labute approximate surface area is 167 Å². The van der Waals surface area contributed by atoms with E-state index in [0.29, 0.717) is 11.3 Å². The van der Waals surface area contributed by atoms with Crippen molar-refractivity contribution >= 4 is 23.1 Å². The van der Waals surface area contributed by atoms with Gasteiger partial charge in [-0.25, -0.2) is 0 Å². The van der Waals surface area contributed by atoms with Crippen molar-refractivity contribution in [1.29, 1.82) is 0 Å². The average Bonchev–Trinajstić information content (AvgIpc) is 2.71. The van der Waals surface area contributed by atoms with Crippen LogP contribution in [0, 0.1) is 10.1 Å². The van der Waals surface area contributed by atoms with E-state index in [9.17, 15) is 19.7 Å². The highest BCUT2D eigenvalue weighted by Crippen LogP contribution is 2.27. The molecule has 0 unspecified atom stereocenters. The summed E-state index contributed by atoms with van der Waals surface area (Å²) in [5, 5.41) is 16.3. The van der Waals surface area contributed by atoms with Crippen molar-refractivity contribution in [3.8, 4) is 5.75 Å². The number of carbonyl (C=O) groups is 2. The van der Waals surface area contributed by atoms with Gasteiger partial charge in [0.2, 0.25) is 0 Å². The maximum absolute atomic E-state index is 12.8. The predicted octanol–water partition coefficient (Wildman–Crippen LogP) is 3.04. The molecule has 150 valence electrons. The molecule has 2 aromatic carbocycles. The Bertz CT molecular complexity index is 949. The topological polar surface area (TPSA) is 111 Å². The Balaban J connectivity index is 1.84. The second-order valence-electron chi connectivity index (χ2n) is 6.64. The minimum atomic E-state index is -0.536. The Kier molecular flexibility index (Phi) is 6.23. The van der Waals surface area contributed by atoms with Gasteiger partial charge < -0.3 is 15.4 Å². The normalized spacial score (nSPS) is 13.9. The third kappa shape index (κ3) is 4.78. The van der Waals surface area contributed by atoms with Crippen molar-refractivity contribution < 1.29 is 19.2 Å². The van der Waals surface area contributed by atoms with Crippen molar-refractivity contribution in [3.63, 3.8) is 0 Å². The van der Waals surface area contributed by atoms with Gasteiger partial charge in [0.25, 0.3) is 17.5 Å². The molecule has 29 heavy (non-hydrogen) atoms. The molecule has 0 saturated heterocycles. The standard InChI is InChI=1S/C21H21N3O5/c1-29-19-8-3-2-7-17(19)18(21(26)23-15-5-4-6-15)13-22-20(25)14-9-11-16(12-10-14)24(27)28/h2-3,7-13,15H,4-6H2,1H3,(H,22,25)(H,23,26). The molecule has 2 N–H and O–H groups in total. The van der Waals surface area contributed by atoms with Crippen LogP contribution in [-0.2, 0) is 4.79 Å². The number of methoxy groups -OCH3 is 1. The third-order valence-corrected chi connectivity index (χ3v) is 4.77. The van der Waals surface area contributed by atoms with Gasteiger partial charge in [-0.05, 0) is 37.5 Å². The summed E-state index contributed by atoms with van der Waals surface area (Å²) >= 11 is 0. The van der Waals surface area contributed by atoms with Crippen LogP contribution in [0.4, 0.5) is 5.69 Å². The molecule has 0 heterocycles. The van der Waals surface area contributed by atoms with Crippen molar-refractivity contribution in [2.24, 2.45) is 0 Å². The molecule has 1 aliphatic rings. The summed E-state index contributed by atoms with van der Waals surface area (Å²) in [5.41, 5.74) is 0.956. The second-order valence-corrected chi connectivity index (χ2v) is 6.64. The van der Waals surface area contributed by atoms with Crippen LogP contribution in [0.15, 0.2) is 54.7 Å². The highest BCUT2D eigenvalue weighted by atomic mass is 16.6. The van der Waals surface area contributed by atoms with E-state index in [-0.39, 0.29) is 28.8 Å². The molecule has 2 amide bonds. The van der Waals surface area contributed by atoms with E-state index in [2.05, 4.69) is 10.6 Å². The van der Waals surface area contributed by atoms with Crippen molar-refractivity contribution in [3.05, 3.63) is 76.0 Å². The molecular weight excluding hydrogens is 374 g/mol. The molecule has 8 heteroatoms. The number of hydrogen-bond donors (Lipinski definition) is 2. The lowest BCUT2D eigenvalue weighted by Gasteiger charge is -2.27. The minimum absolute atomic E-state index is 0.105. The van der Waals surface area contributed by atoms with Crippen molar-refractivity contribution in [2.75, 3.05) is 7.11 Å². The summed E-state index contributed by atoms with van der Waals surface area (Å²) < 4.78 is 5.35. The van der Waals surface area contributed by atoms with Crippen LogP contribution < -0.4 is 15.4 Å². The van der Waals surface area contributed by atoms with Gasteiger partial charge in [-0.15, -0.1) is 0 Å². The maximum Gasteiger partial charge on any atom is 0.269 e. The fraction of sp³-hybridized carbons (Fsp3) is 0.238. The van der Waals surface area contributed by atoms with E-state index in [4.69, 9.17) is 4.74 Å². The number of amides is 2. The number of para-hydroxylation sites is 1. The smallest absolute Gasteiger partial charge is 0.269 e. The van der Waals surface area contributed by atoms with Gasteiger partial charge in [-0.2, -0.15) is 0 Å². The summed E-state index contributed by atoms with van der Waals surface area (Å²) in [6, 6.07) is 12.4. The molecule has 3 rings (SSSR count). The number of nitro benzene ring substituents is 1. The number of ether oxygens (including phenoxy) is 1. The summed E-state index contributed by atoms with van der Waals surface area (Å²) in [4.78, 5) is 35.5. The molecule has 0 atom stereocenters. The molecule has 1 aliphatic carbocycles. The largest absolute Gasteiger partial charge is 0.496 e. The predicted molar refractivity (Wildman–Crippen MR) is 107 cm³/mol. The van der Waals surface area contributed by atoms with Crippen LogP contribution in [0.2, 0.25) is 0 Å². The number of carbonyl (C=O) groups excluding carboxylic acids is 2. The first-order chi connectivity index (χ1) is 14.0. The van der Waals surface area contributed by atoms with Crippen LogP contribution in [0.25, 0.3) is 5.57 Å². The van der Waals surface area contributed by atoms with E-state index in [1.165, 1.54) is 37.6 Å². The van der Waals surface area contributed by atoms with Gasteiger partial charge in [0.15, 0.2) is 0 Å². The lowest BCUT2D eigenvalue weighted by Crippen LogP contribution is -2.40. The zero-order valence-corrected chi connectivity index (χ0v) is 15.9. The molecule has 0 aliphatic heterocycles. The Morgan fingerprint density at radius 1 is 1.14 bits per heavy atom. The van der Waals surface area contributed by atoms with Gasteiger partial charge in [0.05, 0.1) is 17.6 Å². The minimum Gasteiger partial charge on any atom is -0.496 e. The number of nitro groups is 1. The summed E-state index contributed by atoms with van der Waals surface area (Å²) in [7, 11) is 1.51. The Hall–Kier alpha value is -3.68. The molecular formula is C21H21N3O5. The first-order valence-electron chi connectivity index (χ1n) is 9.19. The highest BCUT2D eigenvalue weighted by Gasteiger charge is 2.23. The lowest BCUT2D eigenvalue weighted by atomic mass is 9.92. The van der Waals surface area contributed by atoms with Gasteiger partial charge >= 0.3 is 0 Å². The van der Waals surface area contributed by atoms with Gasteiger partial charge in [-0.3, -0.25) is 19.7 Å². The van der Waals surface area contributed by atoms with E-state index in [0.717, 1.165) is 19.3 Å². The first kappa shape index (κ1) is 20.1. The number of hydrogen-bond acceptors (Lipinski definition) is 5. The summed E-state index contributed by atoms with van der Waals surface area (Å²) in [6.45, 7) is 0. The molecule has 0 radical (unpaired) electrons. The zero-order valence-electron chi connectivity index (χ0n) is 15.9. The molecule has 1 fully saturated rings. The Morgan fingerprint density at radius 3 is 2.41 bits per heavy atom. The van der Waals surface area contributed by atoms with E-state index in [1.54, 1.807) is 24.3 Å². The number of nitrogens with one attached hydrogen (secondary N) is 2. The average molecular weight is 395 g/mol. The summed E-state index contributed by atoms with van der Waals surface area (Å²) in [6.07, 6.45) is 4.28. The SMILES string of the molecule is COc1ccccc1C(=CNC(=O)c1ccc([N+](=O)[O-])cc1)C(=O)NC1CCC1. The fourth-order valence-corrected chi connectivity index (χ4v) is 2.90. The van der Waals surface area contributed by atoms with E-state index < -0.39 is 10.8 Å². The third-order valence-electron chi connectivity index (χ3n) is 4.77. The van der Waals surface area contributed by atoms with Gasteiger partial charge in [-0.1, -0.05) is 18.2 Å². The number of nitrogens with zero attached hydrogens (tertiary/aromatic N) is 1. The molecule has 8 nitrogen and oxygen atoms in total. The van der Waals surface area contributed by atoms with Crippen molar-refractivity contribution in [2.45, 2.75) is 25.3 Å². The molecule has 1 saturated carbocycles. The van der Waals surface area contributed by atoms with Crippen LogP contribution in [0.5, 0.6) is 5.75 Å². The van der Waals surface area contributed by atoms with E-state index in [1.807, 2.05) is 0 Å². The quantitative estimate of drug-likeness (QED) is 0.425. The molecule has 0 bridgehead atoms. The summed E-state index contributed by atoms with van der Waals surface area (Å²) in [5.74, 6) is -0.279. The van der Waals surface area contributed by atoms with Crippen LogP contribution in [-0.4, -0.2) is 29.9 Å². The van der Waals surface area contributed by atoms with Crippen LogP contribution in [0.3, 0.4) is 0 Å². The lowest BCUT2D eigenvalue weighted by molar-refractivity contribution is -0.384. The second kappa shape index (κ2) is 9.01. The zero-order chi connectivity index (χ0) is 20.8. The Morgan fingerprint density at radius 2 is 1.83 bits per heavy atom. The number of benzene rings is 2. The van der Waals surface area contributed by atoms with Crippen molar-refractivity contribution in [1.82, 2.24) is 10.6 Å². The van der Waals surface area contributed by atoms with Gasteiger partial charge in [0.1, 0.15) is 5.75 Å². The van der Waals surface area contributed by atoms with E-state index >= 15 is 0 Å². The molecule has 0 aromatic heterocycles. The molecule has 0 spiro atoms. The monoisotopic (exact) mass is 395 g/mol. The maximum atomic E-state index is 12.8. The fourth-order valence-electron chi connectivity index (χ4n) is 2.90.